The Labute approximate surface area is 118 Å². The van der Waals surface area contributed by atoms with Crippen molar-refractivity contribution < 1.29 is 35.3 Å². The van der Waals surface area contributed by atoms with E-state index in [1.807, 2.05) is 0 Å². The molecule has 1 aromatic carbocycles. The lowest BCUT2D eigenvalue weighted by molar-refractivity contribution is -0.305. The molecule has 0 amide bonds. The quantitative estimate of drug-likeness (QED) is 0.507. The van der Waals surface area contributed by atoms with Crippen LogP contribution in [-0.4, -0.2) is 21.9 Å². The zero-order valence-electron chi connectivity index (χ0n) is 10.7. The summed E-state index contributed by atoms with van der Waals surface area (Å²) in [7, 11) is 0. The molecular weight excluding hydrogens is 327 g/mol. The molecule has 0 bridgehead atoms. The lowest BCUT2D eigenvalue weighted by Gasteiger charge is -2.31. The first-order valence-corrected chi connectivity index (χ1v) is 6.49. The van der Waals surface area contributed by atoms with Gasteiger partial charge in [0.05, 0.1) is 0 Å². The standard InChI is InChI=1S/C11H10F7NOS/c1-5-3-7(4-6(2)8(5)19)21(20)9(12,10(13,14)15)11(16,17)18/h3-4H,19H2,1-2H3. The van der Waals surface area contributed by atoms with Crippen LogP contribution in [-0.2, 0) is 11.2 Å². The Morgan fingerprint density at radius 2 is 1.24 bits per heavy atom. The fraction of sp³-hybridized carbons (Fsp3) is 0.455. The molecule has 0 saturated heterocycles. The van der Waals surface area contributed by atoms with E-state index in [9.17, 15) is 35.3 Å². The smallest absolute Gasteiger partial charge is 0.482 e. The Balaban J connectivity index is 3.48. The molecule has 120 valence electrons. The first kappa shape index (κ1) is 17.9. The van der Waals surface area contributed by atoms with Crippen molar-refractivity contribution in [3.8, 4) is 0 Å². The zero-order chi connectivity index (χ0) is 16.8. The molecule has 2 nitrogen and oxygen atoms in total. The molecule has 0 aliphatic heterocycles. The first-order chi connectivity index (χ1) is 9.23. The van der Waals surface area contributed by atoms with Crippen molar-refractivity contribution in [2.75, 3.05) is 5.73 Å². The number of aryl methyl sites for hydroxylation is 2. The summed E-state index contributed by atoms with van der Waals surface area (Å²) in [6.45, 7) is 2.59. The fourth-order valence-electron chi connectivity index (χ4n) is 1.58. The number of rotatable bonds is 2. The molecule has 0 spiro atoms. The number of benzene rings is 1. The predicted molar refractivity (Wildman–Crippen MR) is 62.7 cm³/mol. The summed E-state index contributed by atoms with van der Waals surface area (Å²) in [4.78, 5) is -0.934. The lowest BCUT2D eigenvalue weighted by atomic mass is 10.1. The maximum Gasteiger partial charge on any atom is 0.482 e. The van der Waals surface area contributed by atoms with Gasteiger partial charge in [-0.25, -0.2) is 0 Å². The van der Waals surface area contributed by atoms with Crippen molar-refractivity contribution in [3.63, 3.8) is 0 Å². The molecule has 0 aromatic heterocycles. The van der Waals surface area contributed by atoms with E-state index in [0.29, 0.717) is 0 Å². The van der Waals surface area contributed by atoms with Gasteiger partial charge < -0.3 is 10.3 Å². The highest BCUT2D eigenvalue weighted by molar-refractivity contribution is 7.92. The van der Waals surface area contributed by atoms with Crippen molar-refractivity contribution in [2.45, 2.75) is 36.1 Å². The summed E-state index contributed by atoms with van der Waals surface area (Å²) in [5, 5.41) is -5.85. The molecule has 10 heteroatoms. The van der Waals surface area contributed by atoms with Gasteiger partial charge in [-0.15, -0.1) is 0 Å². The Kier molecular flexibility index (Phi) is 4.46. The number of hydrogen-bond donors (Lipinski definition) is 1. The Morgan fingerprint density at radius 1 is 0.905 bits per heavy atom. The van der Waals surface area contributed by atoms with E-state index in [0.717, 1.165) is 12.1 Å². The number of hydrogen-bond acceptors (Lipinski definition) is 2. The van der Waals surface area contributed by atoms with Gasteiger partial charge in [0.1, 0.15) is 0 Å². The third-order valence-electron chi connectivity index (χ3n) is 2.77. The largest absolute Gasteiger partial charge is 0.608 e. The van der Waals surface area contributed by atoms with E-state index < -0.39 is 33.4 Å². The summed E-state index contributed by atoms with van der Waals surface area (Å²) in [6, 6.07) is 1.48. The maximum absolute atomic E-state index is 13.7. The SMILES string of the molecule is Cc1cc([S+]([O-])C(F)(C(F)(F)F)C(F)(F)F)cc(C)c1N. The van der Waals surface area contributed by atoms with Gasteiger partial charge in [-0.2, -0.15) is 30.7 Å². The zero-order valence-corrected chi connectivity index (χ0v) is 11.5. The van der Waals surface area contributed by atoms with Crippen LogP contribution in [0.25, 0.3) is 0 Å². The summed E-state index contributed by atoms with van der Waals surface area (Å²) in [5.41, 5.74) is 5.81. The lowest BCUT2D eigenvalue weighted by Crippen LogP contribution is -2.58. The molecule has 21 heavy (non-hydrogen) atoms. The summed E-state index contributed by atoms with van der Waals surface area (Å²) in [5.74, 6) is 0. The average Bonchev–Trinajstić information content (AvgIpc) is 2.30. The predicted octanol–water partition coefficient (Wildman–Crippen LogP) is 3.78. The molecule has 0 aliphatic carbocycles. The van der Waals surface area contributed by atoms with Gasteiger partial charge in [-0.1, -0.05) is 0 Å². The highest BCUT2D eigenvalue weighted by Crippen LogP contribution is 2.52. The Hall–Kier alpha value is -1.16. The molecule has 1 rings (SSSR count). The normalized spacial score (nSPS) is 15.1. The van der Waals surface area contributed by atoms with E-state index in [2.05, 4.69) is 0 Å². The molecule has 0 fully saturated rings. The second kappa shape index (κ2) is 5.24. The van der Waals surface area contributed by atoms with Gasteiger partial charge in [0.15, 0.2) is 4.90 Å². The molecule has 0 saturated carbocycles. The Bertz CT molecular complexity index is 503. The van der Waals surface area contributed by atoms with Crippen molar-refractivity contribution in [2.24, 2.45) is 0 Å². The van der Waals surface area contributed by atoms with Gasteiger partial charge in [0, 0.05) is 16.9 Å². The highest BCUT2D eigenvalue weighted by Gasteiger charge is 2.82. The van der Waals surface area contributed by atoms with Crippen LogP contribution < -0.4 is 5.73 Å². The summed E-state index contributed by atoms with van der Waals surface area (Å²) in [6.07, 6.45) is -12.8. The van der Waals surface area contributed by atoms with Gasteiger partial charge in [0.25, 0.3) is 0 Å². The number of halogens is 7. The van der Waals surface area contributed by atoms with Crippen LogP contribution in [0.5, 0.6) is 0 Å². The van der Waals surface area contributed by atoms with Crippen LogP contribution in [0, 0.1) is 13.8 Å². The average molecular weight is 337 g/mol. The minimum absolute atomic E-state index is 0.102. The summed E-state index contributed by atoms with van der Waals surface area (Å²) < 4.78 is 100. The van der Waals surface area contributed by atoms with Gasteiger partial charge in [-0.05, 0) is 37.1 Å². The number of anilines is 1. The van der Waals surface area contributed by atoms with Crippen LogP contribution in [0.1, 0.15) is 11.1 Å². The highest BCUT2D eigenvalue weighted by atomic mass is 32.2. The first-order valence-electron chi connectivity index (χ1n) is 5.34. The molecule has 1 aromatic rings. The second-order valence-corrected chi connectivity index (χ2v) is 5.90. The summed E-state index contributed by atoms with van der Waals surface area (Å²) >= 11 is -4.03. The topological polar surface area (TPSA) is 49.1 Å². The molecule has 0 heterocycles. The molecule has 1 unspecified atom stereocenters. The monoisotopic (exact) mass is 337 g/mol. The maximum atomic E-state index is 13.7. The van der Waals surface area contributed by atoms with Gasteiger partial charge in [-0.3, -0.25) is 0 Å². The van der Waals surface area contributed by atoms with Gasteiger partial charge >= 0.3 is 17.4 Å². The fourth-order valence-corrected chi connectivity index (χ4v) is 2.89. The number of alkyl halides is 7. The van der Waals surface area contributed by atoms with Gasteiger partial charge in [0.2, 0.25) is 0 Å². The van der Waals surface area contributed by atoms with Crippen molar-refractivity contribution in [3.05, 3.63) is 23.3 Å². The minimum atomic E-state index is -6.38. The van der Waals surface area contributed by atoms with E-state index in [-0.39, 0.29) is 16.8 Å². The third-order valence-corrected chi connectivity index (χ3v) is 4.40. The molecule has 0 aliphatic rings. The third kappa shape index (κ3) is 2.91. The molecule has 1 atom stereocenters. The molecule has 0 radical (unpaired) electrons. The van der Waals surface area contributed by atoms with Crippen molar-refractivity contribution in [1.82, 2.24) is 0 Å². The van der Waals surface area contributed by atoms with Crippen LogP contribution in [0.2, 0.25) is 0 Å². The molecular formula is C11H10F7NOS. The van der Waals surface area contributed by atoms with Crippen LogP contribution in [0.4, 0.5) is 36.4 Å². The van der Waals surface area contributed by atoms with Crippen LogP contribution >= 0.6 is 0 Å². The number of nitrogen functional groups attached to an aromatic ring is 1. The van der Waals surface area contributed by atoms with E-state index >= 15 is 0 Å². The second-order valence-electron chi connectivity index (χ2n) is 4.33. The molecule has 2 N–H and O–H groups in total. The van der Waals surface area contributed by atoms with Crippen LogP contribution in [0.15, 0.2) is 17.0 Å². The van der Waals surface area contributed by atoms with E-state index in [1.54, 1.807) is 0 Å². The van der Waals surface area contributed by atoms with Crippen LogP contribution in [0.3, 0.4) is 0 Å². The van der Waals surface area contributed by atoms with Crippen molar-refractivity contribution in [1.29, 1.82) is 0 Å². The van der Waals surface area contributed by atoms with E-state index in [1.165, 1.54) is 13.8 Å². The van der Waals surface area contributed by atoms with E-state index in [4.69, 9.17) is 5.73 Å². The minimum Gasteiger partial charge on any atom is -0.608 e. The Morgan fingerprint density at radius 3 is 1.52 bits per heavy atom. The van der Waals surface area contributed by atoms with Crippen molar-refractivity contribution >= 4 is 16.9 Å². The number of nitrogens with two attached hydrogens (primary N) is 1.